The van der Waals surface area contributed by atoms with E-state index in [1.54, 1.807) is 7.05 Å². The Kier molecular flexibility index (Phi) is 2.46. The van der Waals surface area contributed by atoms with Crippen molar-refractivity contribution in [2.24, 2.45) is 5.92 Å². The van der Waals surface area contributed by atoms with Crippen LogP contribution in [0.4, 0.5) is 0 Å². The predicted molar refractivity (Wildman–Crippen MR) is 56.4 cm³/mol. The number of rotatable bonds is 2. The number of benzene rings is 1. The van der Waals surface area contributed by atoms with Gasteiger partial charge < -0.3 is 5.32 Å². The van der Waals surface area contributed by atoms with Crippen LogP contribution >= 0.6 is 11.6 Å². The third-order valence-electron chi connectivity index (χ3n) is 2.65. The van der Waals surface area contributed by atoms with Crippen molar-refractivity contribution in [1.29, 1.82) is 0 Å². The number of nitrogens with one attached hydrogen (secondary N) is 1. The van der Waals surface area contributed by atoms with Crippen LogP contribution in [0.1, 0.15) is 17.9 Å². The molecule has 0 spiro atoms. The van der Waals surface area contributed by atoms with Gasteiger partial charge in [-0.1, -0.05) is 23.7 Å². The van der Waals surface area contributed by atoms with E-state index in [9.17, 15) is 4.79 Å². The van der Waals surface area contributed by atoms with Crippen molar-refractivity contribution in [3.8, 4) is 0 Å². The molecule has 1 aliphatic carbocycles. The number of hydrogen-bond donors (Lipinski definition) is 1. The minimum absolute atomic E-state index is 0.134. The maximum Gasteiger partial charge on any atom is 0.223 e. The molecule has 1 aliphatic rings. The Hall–Kier alpha value is -1.02. The first-order valence-electron chi connectivity index (χ1n) is 4.69. The summed E-state index contributed by atoms with van der Waals surface area (Å²) in [6, 6.07) is 7.74. The van der Waals surface area contributed by atoms with E-state index in [0.29, 0.717) is 5.92 Å². The van der Waals surface area contributed by atoms with E-state index in [0.717, 1.165) is 11.4 Å². The SMILES string of the molecule is CNC(=O)[C@@H]1C[C@H]1c1cccc(Cl)c1. The standard InChI is InChI=1S/C11H12ClNO/c1-13-11(14)10-6-9(10)7-3-2-4-8(12)5-7/h2-5,9-10H,6H2,1H3,(H,13,14)/t9-,10+/m0/s1. The molecule has 1 aromatic carbocycles. The molecule has 0 saturated heterocycles. The van der Waals surface area contributed by atoms with Gasteiger partial charge in [0.25, 0.3) is 0 Å². The van der Waals surface area contributed by atoms with E-state index in [1.807, 2.05) is 24.3 Å². The van der Waals surface area contributed by atoms with Gasteiger partial charge in [-0.15, -0.1) is 0 Å². The second-order valence-electron chi connectivity index (χ2n) is 3.62. The zero-order valence-electron chi connectivity index (χ0n) is 7.96. The second-order valence-corrected chi connectivity index (χ2v) is 4.05. The first kappa shape index (κ1) is 9.53. The molecular formula is C11H12ClNO. The van der Waals surface area contributed by atoms with Crippen LogP contribution in [-0.2, 0) is 4.79 Å². The Labute approximate surface area is 88.3 Å². The van der Waals surface area contributed by atoms with E-state index in [2.05, 4.69) is 5.32 Å². The maximum absolute atomic E-state index is 11.3. The van der Waals surface area contributed by atoms with Crippen LogP contribution < -0.4 is 5.32 Å². The first-order chi connectivity index (χ1) is 6.72. The molecule has 2 rings (SSSR count). The van der Waals surface area contributed by atoms with Gasteiger partial charge in [0.15, 0.2) is 0 Å². The highest BCUT2D eigenvalue weighted by Gasteiger charge is 2.43. The summed E-state index contributed by atoms with van der Waals surface area (Å²) in [4.78, 5) is 11.3. The van der Waals surface area contributed by atoms with E-state index in [1.165, 1.54) is 5.56 Å². The lowest BCUT2D eigenvalue weighted by molar-refractivity contribution is -0.121. The largest absolute Gasteiger partial charge is 0.359 e. The van der Waals surface area contributed by atoms with Gasteiger partial charge in [-0.25, -0.2) is 0 Å². The van der Waals surface area contributed by atoms with Crippen molar-refractivity contribution in [3.05, 3.63) is 34.9 Å². The number of halogens is 1. The lowest BCUT2D eigenvalue weighted by Gasteiger charge is -2.00. The summed E-state index contributed by atoms with van der Waals surface area (Å²) >= 11 is 5.88. The van der Waals surface area contributed by atoms with Gasteiger partial charge in [-0.3, -0.25) is 4.79 Å². The smallest absolute Gasteiger partial charge is 0.223 e. The summed E-state index contributed by atoms with van der Waals surface area (Å²) in [5.74, 6) is 0.655. The number of amides is 1. The summed E-state index contributed by atoms with van der Waals surface area (Å²) in [5.41, 5.74) is 1.17. The molecule has 0 heterocycles. The number of hydrogen-bond acceptors (Lipinski definition) is 1. The zero-order valence-corrected chi connectivity index (χ0v) is 8.71. The molecule has 0 aromatic heterocycles. The molecule has 1 aromatic rings. The van der Waals surface area contributed by atoms with Crippen molar-refractivity contribution in [2.45, 2.75) is 12.3 Å². The van der Waals surface area contributed by atoms with Gasteiger partial charge in [-0.05, 0) is 30.0 Å². The highest BCUT2D eigenvalue weighted by Crippen LogP contribution is 2.47. The van der Waals surface area contributed by atoms with E-state index >= 15 is 0 Å². The fourth-order valence-corrected chi connectivity index (χ4v) is 1.97. The molecular weight excluding hydrogens is 198 g/mol. The summed E-state index contributed by atoms with van der Waals surface area (Å²) in [6.45, 7) is 0. The van der Waals surface area contributed by atoms with E-state index in [-0.39, 0.29) is 11.8 Å². The molecule has 14 heavy (non-hydrogen) atoms. The van der Waals surface area contributed by atoms with Crippen molar-refractivity contribution in [2.75, 3.05) is 7.05 Å². The molecule has 0 radical (unpaired) electrons. The van der Waals surface area contributed by atoms with Crippen molar-refractivity contribution in [3.63, 3.8) is 0 Å². The lowest BCUT2D eigenvalue weighted by atomic mass is 10.1. The quantitative estimate of drug-likeness (QED) is 0.795. The van der Waals surface area contributed by atoms with Crippen LogP contribution in [-0.4, -0.2) is 13.0 Å². The Morgan fingerprint density at radius 3 is 3.00 bits per heavy atom. The Morgan fingerprint density at radius 2 is 2.36 bits per heavy atom. The minimum atomic E-state index is 0.134. The summed E-state index contributed by atoms with van der Waals surface area (Å²) in [5, 5.41) is 3.41. The third-order valence-corrected chi connectivity index (χ3v) is 2.89. The number of carbonyl (C=O) groups excluding carboxylic acids is 1. The maximum atomic E-state index is 11.3. The topological polar surface area (TPSA) is 29.1 Å². The fraction of sp³-hybridized carbons (Fsp3) is 0.364. The molecule has 0 aliphatic heterocycles. The van der Waals surface area contributed by atoms with Crippen LogP contribution in [0, 0.1) is 5.92 Å². The molecule has 1 fully saturated rings. The molecule has 2 nitrogen and oxygen atoms in total. The molecule has 1 saturated carbocycles. The van der Waals surface area contributed by atoms with Gasteiger partial charge in [0, 0.05) is 18.0 Å². The van der Waals surface area contributed by atoms with Gasteiger partial charge in [0.1, 0.15) is 0 Å². The molecule has 0 bridgehead atoms. The van der Waals surface area contributed by atoms with Crippen LogP contribution in [0.5, 0.6) is 0 Å². The van der Waals surface area contributed by atoms with Crippen molar-refractivity contribution >= 4 is 17.5 Å². The highest BCUT2D eigenvalue weighted by molar-refractivity contribution is 6.30. The third kappa shape index (κ3) is 1.75. The van der Waals surface area contributed by atoms with Crippen molar-refractivity contribution < 1.29 is 4.79 Å². The number of carbonyl (C=O) groups is 1. The van der Waals surface area contributed by atoms with Crippen LogP contribution in [0.15, 0.2) is 24.3 Å². The zero-order chi connectivity index (χ0) is 10.1. The van der Waals surface area contributed by atoms with Crippen LogP contribution in [0.25, 0.3) is 0 Å². The lowest BCUT2D eigenvalue weighted by Crippen LogP contribution is -2.20. The summed E-state index contributed by atoms with van der Waals surface area (Å²) < 4.78 is 0. The molecule has 74 valence electrons. The monoisotopic (exact) mass is 209 g/mol. The van der Waals surface area contributed by atoms with Gasteiger partial charge >= 0.3 is 0 Å². The van der Waals surface area contributed by atoms with Gasteiger partial charge in [0.05, 0.1) is 0 Å². The van der Waals surface area contributed by atoms with Gasteiger partial charge in [-0.2, -0.15) is 0 Å². The minimum Gasteiger partial charge on any atom is -0.359 e. The van der Waals surface area contributed by atoms with Crippen molar-refractivity contribution in [1.82, 2.24) is 5.32 Å². The Morgan fingerprint density at radius 1 is 1.57 bits per heavy atom. The van der Waals surface area contributed by atoms with Crippen LogP contribution in [0.3, 0.4) is 0 Å². The molecule has 3 heteroatoms. The Balaban J connectivity index is 2.09. The molecule has 1 N–H and O–H groups in total. The summed E-state index contributed by atoms with van der Waals surface area (Å²) in [7, 11) is 1.68. The second kappa shape index (κ2) is 3.62. The average Bonchev–Trinajstić information content (AvgIpc) is 2.96. The summed E-state index contributed by atoms with van der Waals surface area (Å²) in [6.07, 6.45) is 0.944. The molecule has 1 amide bonds. The fourth-order valence-electron chi connectivity index (χ4n) is 1.78. The average molecular weight is 210 g/mol. The van der Waals surface area contributed by atoms with Crippen LogP contribution in [0.2, 0.25) is 5.02 Å². The molecule has 0 unspecified atom stereocenters. The van der Waals surface area contributed by atoms with Gasteiger partial charge in [0.2, 0.25) is 5.91 Å². The Bertz CT molecular complexity index is 364. The highest BCUT2D eigenvalue weighted by atomic mass is 35.5. The predicted octanol–water partition coefficient (Wildman–Crippen LogP) is 2.19. The van der Waals surface area contributed by atoms with E-state index < -0.39 is 0 Å². The van der Waals surface area contributed by atoms with E-state index in [4.69, 9.17) is 11.6 Å². The normalized spacial score (nSPS) is 24.4. The molecule has 2 atom stereocenters. The first-order valence-corrected chi connectivity index (χ1v) is 5.07.